The van der Waals surface area contributed by atoms with Crippen LogP contribution in [0.5, 0.6) is 0 Å². The number of aryl methyl sites for hydroxylation is 1. The maximum absolute atomic E-state index is 12.8. The number of hydrogen-bond acceptors (Lipinski definition) is 4. The van der Waals surface area contributed by atoms with E-state index in [1.165, 1.54) is 17.4 Å². The first-order chi connectivity index (χ1) is 11.3. The van der Waals surface area contributed by atoms with E-state index in [1.807, 2.05) is 31.4 Å². The molecule has 1 amide bonds. The first-order valence-electron chi connectivity index (χ1n) is 7.79. The molecule has 128 valence electrons. The summed E-state index contributed by atoms with van der Waals surface area (Å²) < 4.78 is 28.3. The fourth-order valence-electron chi connectivity index (χ4n) is 2.80. The van der Waals surface area contributed by atoms with Crippen LogP contribution in [-0.4, -0.2) is 14.3 Å². The van der Waals surface area contributed by atoms with E-state index in [2.05, 4.69) is 10.0 Å². The van der Waals surface area contributed by atoms with Gasteiger partial charge in [-0.1, -0.05) is 6.07 Å². The average molecular weight is 364 g/mol. The van der Waals surface area contributed by atoms with Crippen molar-refractivity contribution in [1.29, 1.82) is 0 Å². The van der Waals surface area contributed by atoms with Gasteiger partial charge in [0, 0.05) is 17.0 Å². The zero-order valence-electron chi connectivity index (χ0n) is 13.6. The molecule has 1 aromatic heterocycles. The van der Waals surface area contributed by atoms with Crippen molar-refractivity contribution in [2.75, 3.05) is 5.32 Å². The molecule has 1 aromatic carbocycles. The van der Waals surface area contributed by atoms with Crippen LogP contribution in [0.4, 0.5) is 5.69 Å². The van der Waals surface area contributed by atoms with Gasteiger partial charge in [-0.2, -0.15) is 0 Å². The molecule has 0 fully saturated rings. The minimum absolute atomic E-state index is 0.0266. The molecular formula is C17H20N2O3S2. The van der Waals surface area contributed by atoms with Crippen molar-refractivity contribution in [2.24, 2.45) is 0 Å². The molecule has 2 heterocycles. The number of sulfonamides is 1. The lowest BCUT2D eigenvalue weighted by molar-refractivity contribution is -0.116. The zero-order valence-corrected chi connectivity index (χ0v) is 15.3. The minimum atomic E-state index is -3.66. The number of carbonyl (C=O) groups excluding carboxylic acids is 1. The van der Waals surface area contributed by atoms with Crippen LogP contribution in [0.15, 0.2) is 40.6 Å². The second-order valence-corrected chi connectivity index (χ2v) is 9.06. The van der Waals surface area contributed by atoms with Gasteiger partial charge in [0.05, 0.1) is 10.4 Å². The van der Waals surface area contributed by atoms with Crippen LogP contribution < -0.4 is 10.0 Å². The molecule has 0 aliphatic carbocycles. The normalized spacial score (nSPS) is 15.5. The molecule has 1 aliphatic rings. The number of amides is 1. The quantitative estimate of drug-likeness (QED) is 0.874. The van der Waals surface area contributed by atoms with Gasteiger partial charge in [-0.3, -0.25) is 4.79 Å². The van der Waals surface area contributed by atoms with Gasteiger partial charge in [0.25, 0.3) is 0 Å². The molecule has 0 saturated heterocycles. The van der Waals surface area contributed by atoms with Crippen LogP contribution >= 0.6 is 11.3 Å². The van der Waals surface area contributed by atoms with Crippen molar-refractivity contribution in [1.82, 2.24) is 4.72 Å². The summed E-state index contributed by atoms with van der Waals surface area (Å²) >= 11 is 1.52. The summed E-state index contributed by atoms with van der Waals surface area (Å²) in [5.74, 6) is -0.0266. The Morgan fingerprint density at radius 1 is 1.21 bits per heavy atom. The van der Waals surface area contributed by atoms with E-state index < -0.39 is 15.6 Å². The molecule has 0 radical (unpaired) electrons. The van der Waals surface area contributed by atoms with Crippen molar-refractivity contribution in [3.8, 4) is 0 Å². The Morgan fingerprint density at radius 2 is 2.00 bits per heavy atom. The van der Waals surface area contributed by atoms with Crippen LogP contribution in [0.2, 0.25) is 0 Å². The highest BCUT2D eigenvalue weighted by Crippen LogP contribution is 2.29. The van der Waals surface area contributed by atoms with Crippen molar-refractivity contribution in [3.63, 3.8) is 0 Å². The van der Waals surface area contributed by atoms with E-state index in [1.54, 1.807) is 12.1 Å². The van der Waals surface area contributed by atoms with E-state index in [0.29, 0.717) is 18.5 Å². The van der Waals surface area contributed by atoms with Gasteiger partial charge in [-0.05, 0) is 61.9 Å². The highest BCUT2D eigenvalue weighted by Gasteiger charge is 2.29. The minimum Gasteiger partial charge on any atom is -0.326 e. The molecule has 0 atom stereocenters. The van der Waals surface area contributed by atoms with Gasteiger partial charge >= 0.3 is 0 Å². The third-order valence-electron chi connectivity index (χ3n) is 4.04. The molecule has 0 unspecified atom stereocenters. The maximum atomic E-state index is 12.8. The number of carbonyl (C=O) groups is 1. The fourth-order valence-corrected chi connectivity index (χ4v) is 5.11. The first kappa shape index (κ1) is 17.1. The van der Waals surface area contributed by atoms with Crippen LogP contribution in [-0.2, 0) is 26.8 Å². The first-order valence-corrected chi connectivity index (χ1v) is 10.1. The lowest BCUT2D eigenvalue weighted by Gasteiger charge is -2.25. The van der Waals surface area contributed by atoms with Gasteiger partial charge in [0.1, 0.15) is 0 Å². The van der Waals surface area contributed by atoms with Gasteiger partial charge in [0.2, 0.25) is 15.9 Å². The summed E-state index contributed by atoms with van der Waals surface area (Å²) in [5, 5.41) is 4.75. The predicted octanol–water partition coefficient (Wildman–Crippen LogP) is 3.24. The Balaban J connectivity index is 1.90. The molecule has 1 aliphatic heterocycles. The Labute approximate surface area is 146 Å². The van der Waals surface area contributed by atoms with Crippen molar-refractivity contribution in [2.45, 2.75) is 43.5 Å². The standard InChI is InChI=1S/C17H20N2O3S2/c1-17(2,15-6-4-10-23-15)19-24(21,22)13-8-9-14-12(11-13)5-3-7-16(20)18-14/h4,6,8-11,19H,3,5,7H2,1-2H3,(H,18,20). The van der Waals surface area contributed by atoms with Gasteiger partial charge in [0.15, 0.2) is 0 Å². The summed E-state index contributed by atoms with van der Waals surface area (Å²) in [6, 6.07) is 8.69. The highest BCUT2D eigenvalue weighted by atomic mass is 32.2. The third-order valence-corrected chi connectivity index (χ3v) is 6.88. The number of rotatable bonds is 4. The maximum Gasteiger partial charge on any atom is 0.241 e. The van der Waals surface area contributed by atoms with E-state index in [0.717, 1.165) is 16.9 Å². The second kappa shape index (κ2) is 6.31. The lowest BCUT2D eigenvalue weighted by atomic mass is 10.1. The Kier molecular flexibility index (Phi) is 4.50. The van der Waals surface area contributed by atoms with E-state index in [9.17, 15) is 13.2 Å². The van der Waals surface area contributed by atoms with Crippen LogP contribution in [0.25, 0.3) is 0 Å². The summed E-state index contributed by atoms with van der Waals surface area (Å²) in [6.07, 6.45) is 1.86. The molecule has 0 saturated carbocycles. The lowest BCUT2D eigenvalue weighted by Crippen LogP contribution is -2.40. The summed E-state index contributed by atoms with van der Waals surface area (Å²) in [7, 11) is -3.66. The molecular weight excluding hydrogens is 344 g/mol. The van der Waals surface area contributed by atoms with E-state index in [-0.39, 0.29) is 10.8 Å². The van der Waals surface area contributed by atoms with Crippen molar-refractivity contribution >= 4 is 33.0 Å². The van der Waals surface area contributed by atoms with Crippen molar-refractivity contribution in [3.05, 3.63) is 46.2 Å². The van der Waals surface area contributed by atoms with E-state index >= 15 is 0 Å². The Morgan fingerprint density at radius 3 is 2.71 bits per heavy atom. The third kappa shape index (κ3) is 3.53. The fraction of sp³-hybridized carbons (Fsp3) is 0.353. The summed E-state index contributed by atoms with van der Waals surface area (Å²) in [4.78, 5) is 12.8. The summed E-state index contributed by atoms with van der Waals surface area (Å²) in [6.45, 7) is 3.69. The zero-order chi connectivity index (χ0) is 17.4. The number of hydrogen-bond donors (Lipinski definition) is 2. The molecule has 0 bridgehead atoms. The number of anilines is 1. The number of nitrogens with one attached hydrogen (secondary N) is 2. The number of fused-ring (bicyclic) bond motifs is 1. The van der Waals surface area contributed by atoms with Crippen LogP contribution in [0.3, 0.4) is 0 Å². The van der Waals surface area contributed by atoms with E-state index in [4.69, 9.17) is 0 Å². The molecule has 0 spiro atoms. The van der Waals surface area contributed by atoms with Gasteiger partial charge in [-0.25, -0.2) is 13.1 Å². The number of thiophene rings is 1. The Bertz CT molecular complexity index is 856. The molecule has 5 nitrogen and oxygen atoms in total. The van der Waals surface area contributed by atoms with Crippen molar-refractivity contribution < 1.29 is 13.2 Å². The predicted molar refractivity (Wildman–Crippen MR) is 95.7 cm³/mol. The highest BCUT2D eigenvalue weighted by molar-refractivity contribution is 7.89. The largest absolute Gasteiger partial charge is 0.326 e. The molecule has 24 heavy (non-hydrogen) atoms. The monoisotopic (exact) mass is 364 g/mol. The molecule has 3 rings (SSSR count). The molecule has 2 N–H and O–H groups in total. The summed E-state index contributed by atoms with van der Waals surface area (Å²) in [5.41, 5.74) is 0.875. The molecule has 7 heteroatoms. The van der Waals surface area contributed by atoms with Crippen LogP contribution in [0, 0.1) is 0 Å². The number of benzene rings is 1. The smallest absolute Gasteiger partial charge is 0.241 e. The van der Waals surface area contributed by atoms with Gasteiger partial charge in [-0.15, -0.1) is 11.3 Å². The van der Waals surface area contributed by atoms with Gasteiger partial charge < -0.3 is 5.32 Å². The molecule has 2 aromatic rings. The topological polar surface area (TPSA) is 75.3 Å². The SMILES string of the molecule is CC(C)(NS(=O)(=O)c1ccc2c(c1)CCCC(=O)N2)c1cccs1. The van der Waals surface area contributed by atoms with Crippen LogP contribution in [0.1, 0.15) is 37.1 Å². The average Bonchev–Trinajstić information content (AvgIpc) is 2.96. The Hall–Kier alpha value is -1.70. The second-order valence-electron chi connectivity index (χ2n) is 6.43.